The molecule has 2 aromatic heterocycles. The maximum absolute atomic E-state index is 5.29. The van der Waals surface area contributed by atoms with Gasteiger partial charge in [-0.25, -0.2) is 9.97 Å². The first-order valence-corrected chi connectivity index (χ1v) is 17.3. The van der Waals surface area contributed by atoms with E-state index in [1.807, 2.05) is 12.1 Å². The maximum atomic E-state index is 5.29. The molecule has 3 nitrogen and oxygen atoms in total. The van der Waals surface area contributed by atoms with Gasteiger partial charge < -0.3 is 4.57 Å². The van der Waals surface area contributed by atoms with Crippen molar-refractivity contribution in [2.75, 3.05) is 0 Å². The van der Waals surface area contributed by atoms with E-state index in [1.54, 1.807) is 0 Å². The summed E-state index contributed by atoms with van der Waals surface area (Å²) >= 11 is 0. The molecule has 0 amide bonds. The molecule has 0 unspecified atom stereocenters. The molecular weight excluding hydrogens is 619 g/mol. The molecule has 0 fully saturated rings. The molecule has 0 N–H and O–H groups in total. The van der Waals surface area contributed by atoms with Crippen LogP contribution in [0, 0.1) is 0 Å². The molecule has 0 aliphatic rings. The van der Waals surface area contributed by atoms with Crippen LogP contribution in [0.1, 0.15) is 0 Å². The fraction of sp³-hybridized carbons (Fsp3) is 0. The van der Waals surface area contributed by atoms with Gasteiger partial charge in [0, 0.05) is 32.8 Å². The molecule has 0 atom stereocenters. The van der Waals surface area contributed by atoms with Crippen molar-refractivity contribution in [2.24, 2.45) is 0 Å². The van der Waals surface area contributed by atoms with E-state index in [0.717, 1.165) is 44.7 Å². The van der Waals surface area contributed by atoms with Gasteiger partial charge in [0.25, 0.3) is 0 Å². The summed E-state index contributed by atoms with van der Waals surface area (Å²) in [7, 11) is 0. The van der Waals surface area contributed by atoms with Gasteiger partial charge in [-0.15, -0.1) is 0 Å². The Kier molecular flexibility index (Phi) is 6.81. The minimum absolute atomic E-state index is 0.701. The summed E-state index contributed by atoms with van der Waals surface area (Å²) in [5, 5.41) is 7.28. The second kappa shape index (κ2) is 11.9. The van der Waals surface area contributed by atoms with Crippen LogP contribution in [0.3, 0.4) is 0 Å². The summed E-state index contributed by atoms with van der Waals surface area (Å²) in [6.07, 6.45) is 0. The second-order valence-corrected chi connectivity index (χ2v) is 13.0. The molecule has 8 aromatic carbocycles. The number of aromatic nitrogens is 3. The lowest BCUT2D eigenvalue weighted by molar-refractivity contribution is 1.18. The molecule has 0 spiro atoms. The number of rotatable bonds is 5. The molecule has 10 aromatic rings. The van der Waals surface area contributed by atoms with E-state index < -0.39 is 0 Å². The van der Waals surface area contributed by atoms with Crippen molar-refractivity contribution in [1.82, 2.24) is 14.5 Å². The summed E-state index contributed by atoms with van der Waals surface area (Å²) < 4.78 is 2.43. The van der Waals surface area contributed by atoms with Crippen molar-refractivity contribution in [3.63, 3.8) is 0 Å². The Morgan fingerprint density at radius 2 is 0.941 bits per heavy atom. The van der Waals surface area contributed by atoms with E-state index in [9.17, 15) is 0 Å². The molecule has 2 heterocycles. The van der Waals surface area contributed by atoms with Gasteiger partial charge in [0.05, 0.1) is 28.1 Å². The van der Waals surface area contributed by atoms with Crippen LogP contribution in [0.2, 0.25) is 0 Å². The number of hydrogen-bond donors (Lipinski definition) is 0. The molecular formula is C48H31N3. The standard InChI is InChI=1S/C48H31N3/c1-3-14-32(15-4-1)34-20-13-21-37(28-34)48-49-43(33-16-5-2-6-17-33)31-44(50-48)39-26-27-46(40-23-10-9-22-38(39)40)51-45-25-12-11-24-41(45)42-29-35-18-7-8-19-36(35)30-47(42)51/h1-31H. The molecule has 238 valence electrons. The smallest absolute Gasteiger partial charge is 0.160 e. The zero-order valence-electron chi connectivity index (χ0n) is 27.7. The topological polar surface area (TPSA) is 30.7 Å². The molecule has 0 aliphatic carbocycles. The molecule has 0 saturated carbocycles. The van der Waals surface area contributed by atoms with Gasteiger partial charge in [-0.1, -0.05) is 152 Å². The number of para-hydroxylation sites is 1. The normalized spacial score (nSPS) is 11.5. The SMILES string of the molecule is c1ccc(-c2cccc(-c3nc(-c4ccccc4)cc(-c4ccc(-n5c6ccccc6c6cc7ccccc7cc65)c5ccccc45)n3)c2)cc1. The van der Waals surface area contributed by atoms with Crippen molar-refractivity contribution in [1.29, 1.82) is 0 Å². The third-order valence-corrected chi connectivity index (χ3v) is 9.98. The van der Waals surface area contributed by atoms with Crippen LogP contribution in [0.4, 0.5) is 0 Å². The van der Waals surface area contributed by atoms with Gasteiger partial charge in [0.1, 0.15) is 0 Å². The first-order valence-electron chi connectivity index (χ1n) is 17.3. The highest BCUT2D eigenvalue weighted by atomic mass is 15.0. The fourth-order valence-electron chi connectivity index (χ4n) is 7.56. The van der Waals surface area contributed by atoms with E-state index in [4.69, 9.17) is 9.97 Å². The number of hydrogen-bond acceptors (Lipinski definition) is 2. The minimum atomic E-state index is 0.701. The lowest BCUT2D eigenvalue weighted by Crippen LogP contribution is -1.99. The van der Waals surface area contributed by atoms with Gasteiger partial charge in [-0.2, -0.15) is 0 Å². The van der Waals surface area contributed by atoms with Gasteiger partial charge >= 0.3 is 0 Å². The highest BCUT2D eigenvalue weighted by Gasteiger charge is 2.18. The summed E-state index contributed by atoms with van der Waals surface area (Å²) in [6.45, 7) is 0. The van der Waals surface area contributed by atoms with E-state index >= 15 is 0 Å². The molecule has 51 heavy (non-hydrogen) atoms. The average molecular weight is 650 g/mol. The van der Waals surface area contributed by atoms with E-state index in [1.165, 1.54) is 43.5 Å². The molecule has 0 radical (unpaired) electrons. The van der Waals surface area contributed by atoms with Gasteiger partial charge in [0.15, 0.2) is 5.82 Å². The Morgan fingerprint density at radius 1 is 0.333 bits per heavy atom. The van der Waals surface area contributed by atoms with Crippen LogP contribution in [-0.4, -0.2) is 14.5 Å². The number of fused-ring (bicyclic) bond motifs is 5. The molecule has 0 bridgehead atoms. The molecule has 10 rings (SSSR count). The molecule has 0 aliphatic heterocycles. The van der Waals surface area contributed by atoms with Gasteiger partial charge in [-0.05, 0) is 63.7 Å². The predicted octanol–water partition coefficient (Wildman–Crippen LogP) is 12.5. The monoisotopic (exact) mass is 649 g/mol. The summed E-state index contributed by atoms with van der Waals surface area (Å²) in [5.74, 6) is 0.701. The molecule has 0 saturated heterocycles. The van der Waals surface area contributed by atoms with E-state index in [2.05, 4.69) is 180 Å². The maximum Gasteiger partial charge on any atom is 0.160 e. The lowest BCUT2D eigenvalue weighted by atomic mass is 9.98. The summed E-state index contributed by atoms with van der Waals surface area (Å²) in [5.41, 5.74) is 10.7. The largest absolute Gasteiger partial charge is 0.309 e. The van der Waals surface area contributed by atoms with Crippen LogP contribution in [0.25, 0.3) is 94.1 Å². The van der Waals surface area contributed by atoms with Crippen molar-refractivity contribution in [3.8, 4) is 50.7 Å². The Morgan fingerprint density at radius 3 is 1.75 bits per heavy atom. The lowest BCUT2D eigenvalue weighted by Gasteiger charge is -2.16. The van der Waals surface area contributed by atoms with Crippen LogP contribution in [0.15, 0.2) is 188 Å². The van der Waals surface area contributed by atoms with E-state index in [-0.39, 0.29) is 0 Å². The zero-order valence-corrected chi connectivity index (χ0v) is 27.7. The zero-order chi connectivity index (χ0) is 33.7. The Bertz CT molecular complexity index is 2910. The van der Waals surface area contributed by atoms with Crippen molar-refractivity contribution >= 4 is 43.4 Å². The first-order chi connectivity index (χ1) is 25.3. The quantitative estimate of drug-likeness (QED) is 0.186. The highest BCUT2D eigenvalue weighted by Crippen LogP contribution is 2.40. The van der Waals surface area contributed by atoms with Crippen LogP contribution >= 0.6 is 0 Å². The average Bonchev–Trinajstić information content (AvgIpc) is 3.53. The number of nitrogens with zero attached hydrogens (tertiary/aromatic N) is 3. The Balaban J connectivity index is 1.20. The van der Waals surface area contributed by atoms with Crippen molar-refractivity contribution in [3.05, 3.63) is 188 Å². The predicted molar refractivity (Wildman–Crippen MR) is 213 cm³/mol. The van der Waals surface area contributed by atoms with Gasteiger partial charge in [-0.3, -0.25) is 0 Å². The van der Waals surface area contributed by atoms with Crippen LogP contribution in [-0.2, 0) is 0 Å². The van der Waals surface area contributed by atoms with Crippen molar-refractivity contribution < 1.29 is 0 Å². The summed E-state index contributed by atoms with van der Waals surface area (Å²) in [6, 6.07) is 66.8. The van der Waals surface area contributed by atoms with Crippen LogP contribution in [0.5, 0.6) is 0 Å². The number of benzene rings is 8. The fourth-order valence-corrected chi connectivity index (χ4v) is 7.56. The third kappa shape index (κ3) is 4.98. The minimum Gasteiger partial charge on any atom is -0.309 e. The Labute approximate surface area is 295 Å². The van der Waals surface area contributed by atoms with Crippen molar-refractivity contribution in [2.45, 2.75) is 0 Å². The summed E-state index contributed by atoms with van der Waals surface area (Å²) in [4.78, 5) is 10.4. The third-order valence-electron chi connectivity index (χ3n) is 9.98. The Hall–Kier alpha value is -6.84. The van der Waals surface area contributed by atoms with Gasteiger partial charge in [0.2, 0.25) is 0 Å². The second-order valence-electron chi connectivity index (χ2n) is 13.0. The van der Waals surface area contributed by atoms with E-state index in [0.29, 0.717) is 5.82 Å². The molecule has 3 heteroatoms. The van der Waals surface area contributed by atoms with Crippen LogP contribution < -0.4 is 0 Å². The first kappa shape index (κ1) is 29.1. The highest BCUT2D eigenvalue weighted by molar-refractivity contribution is 6.15.